The van der Waals surface area contributed by atoms with Crippen LogP contribution in [-0.4, -0.2) is 70.3 Å². The molecule has 1 fully saturated rings. The zero-order valence-corrected chi connectivity index (χ0v) is 31.4. The summed E-state index contributed by atoms with van der Waals surface area (Å²) in [4.78, 5) is 24.5. The number of aromatic nitrogens is 5. The molecule has 0 unspecified atom stereocenters. The van der Waals surface area contributed by atoms with Gasteiger partial charge in [0.2, 0.25) is 15.9 Å². The Balaban J connectivity index is 1.65. The molecule has 2 aromatic carbocycles. The highest BCUT2D eigenvalue weighted by molar-refractivity contribution is 7.92. The molecule has 0 saturated heterocycles. The van der Waals surface area contributed by atoms with E-state index >= 15 is 0 Å². The zero-order valence-electron chi connectivity index (χ0n) is 29.8. The number of nitrogens with one attached hydrogen (secondary N) is 1. The Kier molecular flexibility index (Phi) is 11.1. The number of hydrogen-bond acceptors (Lipinski definition) is 9. The number of aliphatic hydroxyl groups is 1. The van der Waals surface area contributed by atoms with Crippen molar-refractivity contribution in [2.45, 2.75) is 75.8 Å². The van der Waals surface area contributed by atoms with Gasteiger partial charge in [0, 0.05) is 56.9 Å². The second kappa shape index (κ2) is 15.2. The van der Waals surface area contributed by atoms with Gasteiger partial charge in [-0.25, -0.2) is 35.9 Å². The van der Waals surface area contributed by atoms with Crippen LogP contribution in [0.25, 0.3) is 27.6 Å². The summed E-state index contributed by atoms with van der Waals surface area (Å²) in [6.45, 7) is 1.92. The van der Waals surface area contributed by atoms with E-state index in [1.807, 2.05) is 0 Å². The normalized spacial score (nSPS) is 16.3. The number of alkyl halides is 2. The lowest BCUT2D eigenvalue weighted by atomic mass is 9.68. The number of hydrogen-bond donors (Lipinski definition) is 3. The molecule has 18 heteroatoms. The van der Waals surface area contributed by atoms with Crippen molar-refractivity contribution in [2.24, 2.45) is 5.73 Å². The Hall–Kier alpha value is -4.16. The molecule has 1 atom stereocenters. The molecule has 3 aromatic heterocycles. The topological polar surface area (TPSA) is 167 Å². The molecular formula is C36H40ClF4N7O5S. The maximum absolute atomic E-state index is 14.9. The van der Waals surface area contributed by atoms with E-state index in [1.54, 1.807) is 13.0 Å². The van der Waals surface area contributed by atoms with Crippen LogP contribution in [0.15, 0.2) is 41.2 Å². The minimum absolute atomic E-state index is 0.0324. The fourth-order valence-corrected chi connectivity index (χ4v) is 8.09. The summed E-state index contributed by atoms with van der Waals surface area (Å²) in [7, 11) is -2.32. The summed E-state index contributed by atoms with van der Waals surface area (Å²) in [5.74, 6) is -4.68. The summed E-state index contributed by atoms with van der Waals surface area (Å²) in [6, 6.07) is 6.41. The maximum Gasteiger partial charge on any atom is 0.268 e. The minimum Gasteiger partial charge on any atom is -0.396 e. The van der Waals surface area contributed by atoms with Crippen LogP contribution in [0.4, 0.5) is 23.4 Å². The molecule has 1 aliphatic rings. The maximum atomic E-state index is 14.9. The minimum atomic E-state index is -3.85. The van der Waals surface area contributed by atoms with Gasteiger partial charge in [-0.15, -0.1) is 0 Å². The summed E-state index contributed by atoms with van der Waals surface area (Å²) in [6.07, 6.45) is 0.670. The molecule has 54 heavy (non-hydrogen) atoms. The Bertz CT molecular complexity index is 2380. The Morgan fingerprint density at radius 2 is 1.76 bits per heavy atom. The Morgan fingerprint density at radius 3 is 2.39 bits per heavy atom. The van der Waals surface area contributed by atoms with Gasteiger partial charge in [-0.1, -0.05) is 11.6 Å². The number of aliphatic hydroxyl groups excluding tert-OH is 1. The Morgan fingerprint density at radius 1 is 1.07 bits per heavy atom. The van der Waals surface area contributed by atoms with Crippen LogP contribution in [0.2, 0.25) is 5.02 Å². The highest BCUT2D eigenvalue weighted by atomic mass is 35.5. The molecule has 290 valence electrons. The number of pyridine rings is 1. The number of nitrogens with two attached hydrogens (primary N) is 1. The van der Waals surface area contributed by atoms with Crippen molar-refractivity contribution < 1.29 is 35.8 Å². The van der Waals surface area contributed by atoms with Crippen LogP contribution in [-0.2, 0) is 33.1 Å². The fourth-order valence-electron chi connectivity index (χ4n) is 7.36. The second-order valence-corrected chi connectivity index (χ2v) is 16.1. The van der Waals surface area contributed by atoms with Gasteiger partial charge in [0.05, 0.1) is 39.3 Å². The van der Waals surface area contributed by atoms with E-state index in [-0.39, 0.29) is 88.7 Å². The van der Waals surface area contributed by atoms with Crippen LogP contribution in [0.1, 0.15) is 67.2 Å². The third-order valence-corrected chi connectivity index (χ3v) is 10.8. The summed E-state index contributed by atoms with van der Waals surface area (Å²) in [5, 5.41) is 14.9. The molecule has 4 N–H and O–H groups in total. The van der Waals surface area contributed by atoms with E-state index < -0.39 is 57.4 Å². The highest BCUT2D eigenvalue weighted by Gasteiger charge is 2.45. The lowest BCUT2D eigenvalue weighted by Gasteiger charge is -2.39. The summed E-state index contributed by atoms with van der Waals surface area (Å²) in [5.41, 5.74) is 6.63. The standard InChI is InChI=1S/C36H40ClF4N7O5S/c1-20-15-27(35(11-13-49)7-9-36(40,41)10-8-35)43-31-28(20)34(50)48(33(44-31)25(42)18-21-16-22(38)19-23(39)17-21)26-6-5-24(37)29-30(26)47(12-4-14-53-2)45-32(29)46-54(3,51)52/h5-6,15-17,19,25,49H,4,7-14,18,42H2,1-3H3,(H,45,46)/t25-/m0/s1. The number of aryl methyl sites for hydroxylation is 2. The average molecular weight is 794 g/mol. The van der Waals surface area contributed by atoms with E-state index in [4.69, 9.17) is 32.0 Å². The van der Waals surface area contributed by atoms with Crippen molar-refractivity contribution in [1.82, 2.24) is 24.3 Å². The quantitative estimate of drug-likeness (QED) is 0.0979. The number of sulfonamides is 1. The van der Waals surface area contributed by atoms with Gasteiger partial charge >= 0.3 is 0 Å². The number of nitrogens with zero attached hydrogens (tertiary/aromatic N) is 5. The first-order valence-electron chi connectivity index (χ1n) is 17.3. The molecule has 12 nitrogen and oxygen atoms in total. The first-order chi connectivity index (χ1) is 25.5. The van der Waals surface area contributed by atoms with Gasteiger partial charge in [-0.05, 0) is 80.5 Å². The number of methoxy groups -OCH3 is 1. The van der Waals surface area contributed by atoms with E-state index in [1.165, 1.54) is 28.5 Å². The Labute approximate surface area is 313 Å². The predicted molar refractivity (Wildman–Crippen MR) is 197 cm³/mol. The molecule has 0 aliphatic heterocycles. The van der Waals surface area contributed by atoms with Gasteiger partial charge in [0.15, 0.2) is 11.5 Å². The zero-order chi connectivity index (χ0) is 39.2. The van der Waals surface area contributed by atoms with E-state index in [2.05, 4.69) is 9.82 Å². The number of halogens is 5. The highest BCUT2D eigenvalue weighted by Crippen LogP contribution is 2.47. The van der Waals surface area contributed by atoms with Crippen molar-refractivity contribution in [3.8, 4) is 5.69 Å². The van der Waals surface area contributed by atoms with E-state index in [0.717, 1.165) is 18.4 Å². The van der Waals surface area contributed by atoms with Crippen molar-refractivity contribution in [3.05, 3.63) is 86.1 Å². The molecule has 0 spiro atoms. The monoisotopic (exact) mass is 793 g/mol. The fraction of sp³-hybridized carbons (Fsp3) is 0.444. The largest absolute Gasteiger partial charge is 0.396 e. The van der Waals surface area contributed by atoms with Crippen molar-refractivity contribution in [1.29, 1.82) is 0 Å². The lowest BCUT2D eigenvalue weighted by Crippen LogP contribution is -2.38. The average Bonchev–Trinajstić information content (AvgIpc) is 3.43. The molecule has 0 bridgehead atoms. The molecule has 1 aliphatic carbocycles. The van der Waals surface area contributed by atoms with E-state index in [0.29, 0.717) is 30.4 Å². The van der Waals surface area contributed by atoms with Crippen molar-refractivity contribution in [2.75, 3.05) is 31.3 Å². The third kappa shape index (κ3) is 7.96. The number of ether oxygens (including phenoxy) is 1. The molecule has 3 heterocycles. The molecule has 6 rings (SSSR count). The van der Waals surface area contributed by atoms with Crippen molar-refractivity contribution >= 4 is 49.4 Å². The third-order valence-electron chi connectivity index (χ3n) is 9.91. The van der Waals surface area contributed by atoms with Crippen LogP contribution in [0.5, 0.6) is 0 Å². The number of benzene rings is 2. The van der Waals surface area contributed by atoms with E-state index in [9.17, 15) is 35.9 Å². The van der Waals surface area contributed by atoms with Gasteiger partial charge in [-0.3, -0.25) is 18.8 Å². The SMILES string of the molecule is COCCCn1nc(NS(C)(=O)=O)c2c(Cl)ccc(-n3c([C@@H](N)Cc4cc(F)cc(F)c4)nc4nc(C5(CCO)CCC(F)(F)CC5)cc(C)c4c3=O)c21. The smallest absolute Gasteiger partial charge is 0.268 e. The van der Waals surface area contributed by atoms with Gasteiger partial charge in [0.1, 0.15) is 17.5 Å². The van der Waals surface area contributed by atoms with Gasteiger partial charge in [-0.2, -0.15) is 5.10 Å². The lowest BCUT2D eigenvalue weighted by molar-refractivity contribution is -0.0554. The van der Waals surface area contributed by atoms with Crippen molar-refractivity contribution in [3.63, 3.8) is 0 Å². The first kappa shape index (κ1) is 39.5. The number of fused-ring (bicyclic) bond motifs is 2. The molecule has 0 amide bonds. The van der Waals surface area contributed by atoms with Gasteiger partial charge in [0.25, 0.3) is 5.56 Å². The predicted octanol–water partition coefficient (Wildman–Crippen LogP) is 5.85. The second-order valence-electron chi connectivity index (χ2n) is 13.9. The summed E-state index contributed by atoms with van der Waals surface area (Å²) >= 11 is 6.69. The van der Waals surface area contributed by atoms with Crippen LogP contribution in [0.3, 0.4) is 0 Å². The van der Waals surface area contributed by atoms with Crippen LogP contribution in [0, 0.1) is 18.6 Å². The molecule has 5 aromatic rings. The number of rotatable bonds is 13. The molecule has 1 saturated carbocycles. The first-order valence-corrected chi connectivity index (χ1v) is 19.5. The molecule has 0 radical (unpaired) electrons. The summed E-state index contributed by atoms with van der Waals surface area (Å²) < 4.78 is 92.5. The van der Waals surface area contributed by atoms with Crippen LogP contribution >= 0.6 is 11.6 Å². The van der Waals surface area contributed by atoms with Crippen LogP contribution < -0.4 is 16.0 Å². The number of anilines is 1. The van der Waals surface area contributed by atoms with Gasteiger partial charge < -0.3 is 15.6 Å². The molecular weight excluding hydrogens is 754 g/mol.